The van der Waals surface area contributed by atoms with Crippen LogP contribution in [-0.2, 0) is 4.79 Å². The average Bonchev–Trinajstić information content (AvgIpc) is 2.31. The number of carbonyl (C=O) groups is 1. The van der Waals surface area contributed by atoms with E-state index < -0.39 is 6.61 Å². The van der Waals surface area contributed by atoms with Crippen molar-refractivity contribution in [2.45, 2.75) is 13.5 Å². The molecule has 0 aromatic heterocycles. The summed E-state index contributed by atoms with van der Waals surface area (Å²) in [6.07, 6.45) is 0. The zero-order valence-corrected chi connectivity index (χ0v) is 10.9. The standard InChI is InChI=1S/C11H11Cl2F2NO2/c1-6(5-12)10(17)16-7-2-3-9(8(13)4-7)18-11(14)15/h2-4,6,11H,5H2,1H3,(H,16,17). The highest BCUT2D eigenvalue weighted by atomic mass is 35.5. The molecule has 0 heterocycles. The Kier molecular flexibility index (Phi) is 5.62. The maximum absolute atomic E-state index is 12.0. The van der Waals surface area contributed by atoms with E-state index in [1.807, 2.05) is 0 Å². The average molecular weight is 298 g/mol. The molecule has 1 N–H and O–H groups in total. The van der Waals surface area contributed by atoms with Gasteiger partial charge in [-0.1, -0.05) is 18.5 Å². The van der Waals surface area contributed by atoms with Gasteiger partial charge in [0.05, 0.1) is 5.02 Å². The fourth-order valence-electron chi connectivity index (χ4n) is 1.11. The van der Waals surface area contributed by atoms with Crippen molar-refractivity contribution in [1.82, 2.24) is 0 Å². The van der Waals surface area contributed by atoms with Gasteiger partial charge in [-0.3, -0.25) is 4.79 Å². The van der Waals surface area contributed by atoms with Gasteiger partial charge in [-0.25, -0.2) is 0 Å². The minimum atomic E-state index is -2.95. The number of rotatable bonds is 5. The number of amides is 1. The molecule has 0 radical (unpaired) electrons. The van der Waals surface area contributed by atoms with Crippen LogP contribution in [0.5, 0.6) is 5.75 Å². The van der Waals surface area contributed by atoms with Crippen molar-refractivity contribution in [3.63, 3.8) is 0 Å². The van der Waals surface area contributed by atoms with E-state index in [4.69, 9.17) is 23.2 Å². The van der Waals surface area contributed by atoms with Gasteiger partial charge in [0.1, 0.15) is 5.75 Å². The second-order valence-electron chi connectivity index (χ2n) is 3.57. The van der Waals surface area contributed by atoms with Crippen LogP contribution in [0.2, 0.25) is 5.02 Å². The predicted octanol–water partition coefficient (Wildman–Crippen LogP) is 3.75. The van der Waals surface area contributed by atoms with E-state index in [9.17, 15) is 13.6 Å². The number of ether oxygens (including phenoxy) is 1. The van der Waals surface area contributed by atoms with Crippen molar-refractivity contribution in [2.75, 3.05) is 11.2 Å². The fraction of sp³-hybridized carbons (Fsp3) is 0.364. The van der Waals surface area contributed by atoms with Gasteiger partial charge in [0.25, 0.3) is 0 Å². The first-order valence-electron chi connectivity index (χ1n) is 5.05. The number of nitrogens with one attached hydrogen (secondary N) is 1. The van der Waals surface area contributed by atoms with E-state index in [0.29, 0.717) is 5.69 Å². The lowest BCUT2D eigenvalue weighted by Crippen LogP contribution is -2.21. The molecule has 1 aromatic carbocycles. The Hall–Kier alpha value is -1.07. The zero-order chi connectivity index (χ0) is 13.7. The Balaban J connectivity index is 2.75. The van der Waals surface area contributed by atoms with Gasteiger partial charge in [0.2, 0.25) is 5.91 Å². The van der Waals surface area contributed by atoms with Crippen molar-refractivity contribution in [1.29, 1.82) is 0 Å². The molecule has 100 valence electrons. The van der Waals surface area contributed by atoms with E-state index >= 15 is 0 Å². The summed E-state index contributed by atoms with van der Waals surface area (Å²) in [7, 11) is 0. The van der Waals surface area contributed by atoms with Crippen molar-refractivity contribution in [3.05, 3.63) is 23.2 Å². The Morgan fingerprint density at radius 2 is 2.17 bits per heavy atom. The van der Waals surface area contributed by atoms with Crippen LogP contribution >= 0.6 is 23.2 Å². The van der Waals surface area contributed by atoms with Gasteiger partial charge in [-0.15, -0.1) is 11.6 Å². The molecular formula is C11H11Cl2F2NO2. The Morgan fingerprint density at radius 3 is 2.67 bits per heavy atom. The molecule has 0 bridgehead atoms. The number of carbonyl (C=O) groups excluding carboxylic acids is 1. The molecule has 1 unspecified atom stereocenters. The Bertz CT molecular complexity index is 430. The number of hydrogen-bond acceptors (Lipinski definition) is 2. The van der Waals surface area contributed by atoms with E-state index in [2.05, 4.69) is 10.1 Å². The number of hydrogen-bond donors (Lipinski definition) is 1. The summed E-state index contributed by atoms with van der Waals surface area (Å²) >= 11 is 11.3. The quantitative estimate of drug-likeness (QED) is 0.841. The van der Waals surface area contributed by atoms with Gasteiger partial charge in [0, 0.05) is 17.5 Å². The molecule has 1 rings (SSSR count). The van der Waals surface area contributed by atoms with Crippen LogP contribution in [0.15, 0.2) is 18.2 Å². The fourth-order valence-corrected chi connectivity index (χ4v) is 1.47. The molecule has 0 fully saturated rings. The van der Waals surface area contributed by atoms with Crippen molar-refractivity contribution < 1.29 is 18.3 Å². The molecule has 1 atom stereocenters. The van der Waals surface area contributed by atoms with Crippen LogP contribution in [0.25, 0.3) is 0 Å². The number of alkyl halides is 3. The lowest BCUT2D eigenvalue weighted by Gasteiger charge is -2.11. The van der Waals surface area contributed by atoms with Gasteiger partial charge < -0.3 is 10.1 Å². The van der Waals surface area contributed by atoms with Crippen molar-refractivity contribution >= 4 is 34.8 Å². The minimum absolute atomic E-state index is 0.00775. The summed E-state index contributed by atoms with van der Waals surface area (Å²) in [6, 6.07) is 4.01. The van der Waals surface area contributed by atoms with Crippen molar-refractivity contribution in [2.24, 2.45) is 5.92 Å². The molecule has 0 spiro atoms. The normalized spacial score (nSPS) is 12.3. The molecule has 1 aromatic rings. The Morgan fingerprint density at radius 1 is 1.50 bits per heavy atom. The molecule has 0 saturated carbocycles. The van der Waals surface area contributed by atoms with E-state index in [1.165, 1.54) is 18.2 Å². The van der Waals surface area contributed by atoms with Crippen LogP contribution in [0, 0.1) is 5.92 Å². The van der Waals surface area contributed by atoms with Gasteiger partial charge in [0.15, 0.2) is 0 Å². The first-order chi connectivity index (χ1) is 8.43. The third-order valence-corrected chi connectivity index (χ3v) is 2.85. The summed E-state index contributed by atoms with van der Waals surface area (Å²) in [5.74, 6) is -0.590. The second kappa shape index (κ2) is 6.75. The monoisotopic (exact) mass is 297 g/mol. The summed E-state index contributed by atoms with van der Waals surface area (Å²) in [5.41, 5.74) is 0.392. The highest BCUT2D eigenvalue weighted by Crippen LogP contribution is 2.29. The van der Waals surface area contributed by atoms with Crippen LogP contribution in [-0.4, -0.2) is 18.4 Å². The molecule has 1 amide bonds. The van der Waals surface area contributed by atoms with Crippen LogP contribution in [0.3, 0.4) is 0 Å². The molecule has 0 aliphatic rings. The van der Waals surface area contributed by atoms with E-state index in [1.54, 1.807) is 6.92 Å². The van der Waals surface area contributed by atoms with Crippen LogP contribution in [0.4, 0.5) is 14.5 Å². The second-order valence-corrected chi connectivity index (χ2v) is 4.28. The third-order valence-electron chi connectivity index (χ3n) is 2.09. The smallest absolute Gasteiger partial charge is 0.387 e. The summed E-state index contributed by atoms with van der Waals surface area (Å²) < 4.78 is 28.2. The topological polar surface area (TPSA) is 38.3 Å². The Labute approximate surface area is 113 Å². The van der Waals surface area contributed by atoms with Crippen LogP contribution in [0.1, 0.15) is 6.92 Å². The van der Waals surface area contributed by atoms with E-state index in [0.717, 1.165) is 0 Å². The SMILES string of the molecule is CC(CCl)C(=O)Nc1ccc(OC(F)F)c(Cl)c1. The number of halogens is 4. The van der Waals surface area contributed by atoms with Gasteiger partial charge >= 0.3 is 6.61 Å². The molecule has 18 heavy (non-hydrogen) atoms. The molecule has 0 aliphatic heterocycles. The predicted molar refractivity (Wildman–Crippen MR) is 66.6 cm³/mol. The molecule has 0 saturated heterocycles. The third kappa shape index (κ3) is 4.31. The van der Waals surface area contributed by atoms with Gasteiger partial charge in [-0.2, -0.15) is 8.78 Å². The number of anilines is 1. The lowest BCUT2D eigenvalue weighted by atomic mass is 10.2. The molecular weight excluding hydrogens is 287 g/mol. The maximum Gasteiger partial charge on any atom is 0.387 e. The van der Waals surface area contributed by atoms with E-state index in [-0.39, 0.29) is 28.5 Å². The summed E-state index contributed by atoms with van der Waals surface area (Å²) in [6.45, 7) is -1.28. The molecule has 7 heteroatoms. The molecule has 0 aliphatic carbocycles. The lowest BCUT2D eigenvalue weighted by molar-refractivity contribution is -0.118. The van der Waals surface area contributed by atoms with Gasteiger partial charge in [-0.05, 0) is 18.2 Å². The zero-order valence-electron chi connectivity index (χ0n) is 9.42. The van der Waals surface area contributed by atoms with Crippen molar-refractivity contribution in [3.8, 4) is 5.75 Å². The van der Waals surface area contributed by atoms with Crippen LogP contribution < -0.4 is 10.1 Å². The highest BCUT2D eigenvalue weighted by Gasteiger charge is 2.13. The first kappa shape index (κ1) is 15.0. The largest absolute Gasteiger partial charge is 0.433 e. The summed E-state index contributed by atoms with van der Waals surface area (Å²) in [4.78, 5) is 11.5. The molecule has 3 nitrogen and oxygen atoms in total. The first-order valence-corrected chi connectivity index (χ1v) is 5.96. The highest BCUT2D eigenvalue weighted by molar-refractivity contribution is 6.32. The summed E-state index contributed by atoms with van der Waals surface area (Å²) in [5, 5.41) is 2.56. The maximum atomic E-state index is 12.0. The minimum Gasteiger partial charge on any atom is -0.433 e. The number of benzene rings is 1.